The van der Waals surface area contributed by atoms with Crippen molar-refractivity contribution in [3.8, 4) is 0 Å². The number of hydrogen-bond donors (Lipinski definition) is 1. The smallest absolute Gasteiger partial charge is 0.233 e. The predicted molar refractivity (Wildman–Crippen MR) is 94.8 cm³/mol. The third kappa shape index (κ3) is 4.36. The number of nitrogens with zero attached hydrogens (tertiary/aromatic N) is 2. The lowest BCUT2D eigenvalue weighted by Crippen LogP contribution is -2.49. The van der Waals surface area contributed by atoms with E-state index in [-0.39, 0.29) is 18.0 Å². The molecule has 2 aromatic carbocycles. The van der Waals surface area contributed by atoms with Gasteiger partial charge in [-0.05, 0) is 24.3 Å². The number of rotatable bonds is 4. The van der Waals surface area contributed by atoms with Gasteiger partial charge in [-0.2, -0.15) is 0 Å². The van der Waals surface area contributed by atoms with Gasteiger partial charge < -0.3 is 15.1 Å². The molecule has 1 aliphatic rings. The van der Waals surface area contributed by atoms with E-state index in [1.807, 2.05) is 30.3 Å². The van der Waals surface area contributed by atoms with E-state index in [1.54, 1.807) is 4.90 Å². The van der Waals surface area contributed by atoms with Crippen molar-refractivity contribution in [2.45, 2.75) is 6.42 Å². The summed E-state index contributed by atoms with van der Waals surface area (Å²) in [6.45, 7) is 2.46. The van der Waals surface area contributed by atoms with Crippen LogP contribution in [0.1, 0.15) is 6.42 Å². The Bertz CT molecular complexity index is 791. The number of carbonyl (C=O) groups is 2. The number of halogens is 2. The molecule has 3 rings (SSSR count). The first kappa shape index (κ1) is 17.8. The maximum absolute atomic E-state index is 13.2. The van der Waals surface area contributed by atoms with Crippen LogP contribution in [0.5, 0.6) is 0 Å². The summed E-state index contributed by atoms with van der Waals surface area (Å²) in [5.41, 5.74) is 1.23. The van der Waals surface area contributed by atoms with Crippen LogP contribution >= 0.6 is 0 Å². The van der Waals surface area contributed by atoms with Crippen LogP contribution in [0.2, 0.25) is 0 Å². The zero-order valence-electron chi connectivity index (χ0n) is 14.1. The molecule has 7 heteroatoms. The second-order valence-corrected chi connectivity index (χ2v) is 6.06. The van der Waals surface area contributed by atoms with Crippen LogP contribution in [-0.2, 0) is 9.59 Å². The number of para-hydroxylation sites is 1. The molecule has 0 aromatic heterocycles. The second-order valence-electron chi connectivity index (χ2n) is 6.06. The van der Waals surface area contributed by atoms with Crippen LogP contribution in [0.15, 0.2) is 48.5 Å². The van der Waals surface area contributed by atoms with Gasteiger partial charge in [0.15, 0.2) is 11.6 Å². The zero-order valence-corrected chi connectivity index (χ0v) is 14.1. The molecule has 1 fully saturated rings. The topological polar surface area (TPSA) is 52.7 Å². The molecule has 0 bridgehead atoms. The third-order valence-corrected chi connectivity index (χ3v) is 4.27. The molecular formula is C19H19F2N3O2. The van der Waals surface area contributed by atoms with E-state index in [0.29, 0.717) is 26.2 Å². The van der Waals surface area contributed by atoms with Crippen LogP contribution in [-0.4, -0.2) is 42.9 Å². The van der Waals surface area contributed by atoms with Crippen molar-refractivity contribution in [1.82, 2.24) is 4.90 Å². The Morgan fingerprint density at radius 3 is 2.27 bits per heavy atom. The lowest BCUT2D eigenvalue weighted by molar-refractivity contribution is -0.134. The molecular weight excluding hydrogens is 340 g/mol. The molecule has 2 amide bonds. The molecule has 26 heavy (non-hydrogen) atoms. The van der Waals surface area contributed by atoms with Crippen molar-refractivity contribution in [2.75, 3.05) is 36.4 Å². The fourth-order valence-corrected chi connectivity index (χ4v) is 2.88. The Kier molecular flexibility index (Phi) is 5.46. The number of amides is 2. The summed E-state index contributed by atoms with van der Waals surface area (Å²) in [5, 5.41) is 2.41. The molecule has 136 valence electrons. The zero-order chi connectivity index (χ0) is 18.5. The van der Waals surface area contributed by atoms with E-state index >= 15 is 0 Å². The lowest BCUT2D eigenvalue weighted by Gasteiger charge is -2.36. The minimum Gasteiger partial charge on any atom is -0.368 e. The summed E-state index contributed by atoms with van der Waals surface area (Å²) in [5.74, 6) is -2.87. The minimum atomic E-state index is -1.05. The Morgan fingerprint density at radius 2 is 1.62 bits per heavy atom. The Morgan fingerprint density at radius 1 is 0.923 bits per heavy atom. The van der Waals surface area contributed by atoms with Crippen molar-refractivity contribution in [3.05, 3.63) is 60.2 Å². The maximum atomic E-state index is 13.2. The molecule has 0 aliphatic carbocycles. The Labute approximate surface area is 150 Å². The fraction of sp³-hybridized carbons (Fsp3) is 0.263. The fourth-order valence-electron chi connectivity index (χ4n) is 2.88. The number of benzene rings is 2. The summed E-state index contributed by atoms with van der Waals surface area (Å²) in [7, 11) is 0. The van der Waals surface area contributed by atoms with Crippen molar-refractivity contribution >= 4 is 23.2 Å². The SMILES string of the molecule is O=C(CC(=O)N1CCN(c2ccccc2)CC1)Nc1ccc(F)c(F)c1. The first-order chi connectivity index (χ1) is 12.5. The number of piperazine rings is 1. The monoisotopic (exact) mass is 359 g/mol. The lowest BCUT2D eigenvalue weighted by atomic mass is 10.2. The highest BCUT2D eigenvalue weighted by Gasteiger charge is 2.23. The predicted octanol–water partition coefficient (Wildman–Crippen LogP) is 2.64. The summed E-state index contributed by atoms with van der Waals surface area (Å²) in [4.78, 5) is 28.1. The van der Waals surface area contributed by atoms with Crippen LogP contribution in [0.3, 0.4) is 0 Å². The molecule has 1 aliphatic heterocycles. The van der Waals surface area contributed by atoms with Crippen LogP contribution in [0, 0.1) is 11.6 Å². The molecule has 5 nitrogen and oxygen atoms in total. The van der Waals surface area contributed by atoms with Gasteiger partial charge in [0.2, 0.25) is 11.8 Å². The third-order valence-electron chi connectivity index (χ3n) is 4.27. The highest BCUT2D eigenvalue weighted by Crippen LogP contribution is 2.16. The first-order valence-corrected chi connectivity index (χ1v) is 8.35. The standard InChI is InChI=1S/C19H19F2N3O2/c20-16-7-6-14(12-17(16)21)22-18(25)13-19(26)24-10-8-23(9-11-24)15-4-2-1-3-5-15/h1-7,12H,8-11,13H2,(H,22,25). The highest BCUT2D eigenvalue weighted by atomic mass is 19.2. The van der Waals surface area contributed by atoms with Crippen LogP contribution in [0.4, 0.5) is 20.2 Å². The van der Waals surface area contributed by atoms with E-state index < -0.39 is 17.5 Å². The maximum Gasteiger partial charge on any atom is 0.233 e. The van der Waals surface area contributed by atoms with Crippen molar-refractivity contribution < 1.29 is 18.4 Å². The highest BCUT2D eigenvalue weighted by molar-refractivity contribution is 6.03. The Hall–Kier alpha value is -2.96. The molecule has 0 unspecified atom stereocenters. The van der Waals surface area contributed by atoms with Gasteiger partial charge in [-0.3, -0.25) is 9.59 Å². The molecule has 1 heterocycles. The summed E-state index contributed by atoms with van der Waals surface area (Å²) >= 11 is 0. The summed E-state index contributed by atoms with van der Waals surface area (Å²) in [6.07, 6.45) is -0.329. The summed E-state index contributed by atoms with van der Waals surface area (Å²) in [6, 6.07) is 13.0. The Balaban J connectivity index is 1.49. The number of carbonyl (C=O) groups excluding carboxylic acids is 2. The first-order valence-electron chi connectivity index (χ1n) is 8.35. The minimum absolute atomic E-state index is 0.121. The largest absolute Gasteiger partial charge is 0.368 e. The normalized spacial score (nSPS) is 14.2. The van der Waals surface area contributed by atoms with Crippen molar-refractivity contribution in [1.29, 1.82) is 0 Å². The number of nitrogens with one attached hydrogen (secondary N) is 1. The molecule has 0 radical (unpaired) electrons. The van der Waals surface area contributed by atoms with E-state index in [1.165, 1.54) is 6.07 Å². The van der Waals surface area contributed by atoms with E-state index in [0.717, 1.165) is 17.8 Å². The van der Waals surface area contributed by atoms with E-state index in [2.05, 4.69) is 10.2 Å². The molecule has 0 spiro atoms. The molecule has 1 N–H and O–H groups in total. The van der Waals surface area contributed by atoms with Gasteiger partial charge in [-0.15, -0.1) is 0 Å². The van der Waals surface area contributed by atoms with Gasteiger partial charge in [0.25, 0.3) is 0 Å². The summed E-state index contributed by atoms with van der Waals surface area (Å²) < 4.78 is 26.0. The molecule has 0 atom stereocenters. The van der Waals surface area contributed by atoms with Gasteiger partial charge in [0.05, 0.1) is 0 Å². The molecule has 0 saturated carbocycles. The molecule has 2 aromatic rings. The van der Waals surface area contributed by atoms with Gasteiger partial charge in [0, 0.05) is 43.6 Å². The van der Waals surface area contributed by atoms with Crippen LogP contribution in [0.25, 0.3) is 0 Å². The average molecular weight is 359 g/mol. The van der Waals surface area contributed by atoms with Crippen molar-refractivity contribution in [2.24, 2.45) is 0 Å². The van der Waals surface area contributed by atoms with E-state index in [9.17, 15) is 18.4 Å². The van der Waals surface area contributed by atoms with Crippen LogP contribution < -0.4 is 10.2 Å². The quantitative estimate of drug-likeness (QED) is 0.854. The van der Waals surface area contributed by atoms with Gasteiger partial charge in [0.1, 0.15) is 6.42 Å². The van der Waals surface area contributed by atoms with Crippen molar-refractivity contribution in [3.63, 3.8) is 0 Å². The number of hydrogen-bond acceptors (Lipinski definition) is 3. The molecule has 1 saturated heterocycles. The van der Waals surface area contributed by atoms with E-state index in [4.69, 9.17) is 0 Å². The van der Waals surface area contributed by atoms with Gasteiger partial charge in [-0.25, -0.2) is 8.78 Å². The average Bonchev–Trinajstić information content (AvgIpc) is 2.65. The number of anilines is 2. The second kappa shape index (κ2) is 7.95. The van der Waals surface area contributed by atoms with Gasteiger partial charge in [-0.1, -0.05) is 18.2 Å². The van der Waals surface area contributed by atoms with Gasteiger partial charge >= 0.3 is 0 Å².